The summed E-state index contributed by atoms with van der Waals surface area (Å²) in [6.07, 6.45) is 2.25. The van der Waals surface area contributed by atoms with E-state index in [1.807, 2.05) is 0 Å². The zero-order valence-corrected chi connectivity index (χ0v) is 25.9. The lowest BCUT2D eigenvalue weighted by Gasteiger charge is -2.44. The molecule has 0 N–H and O–H groups in total. The SMILES string of the molecule is c1ccc2cc(C3CC(c4ccc5ccccc5c4)C(c4ccc5ccccc5c4)C(c4ccc5ccccc5c4)C3)ccc2c1. The lowest BCUT2D eigenvalue weighted by atomic mass is 9.60. The first kappa shape index (κ1) is 27.1. The van der Waals surface area contributed by atoms with Crippen molar-refractivity contribution in [3.8, 4) is 0 Å². The Morgan fingerprint density at radius 2 is 0.587 bits per heavy atom. The van der Waals surface area contributed by atoms with Crippen molar-refractivity contribution in [2.45, 2.75) is 36.5 Å². The molecular formula is C46H36. The summed E-state index contributed by atoms with van der Waals surface area (Å²) in [5, 5.41) is 10.5. The minimum Gasteiger partial charge on any atom is -0.0616 e. The van der Waals surface area contributed by atoms with Gasteiger partial charge in [-0.15, -0.1) is 0 Å². The minimum atomic E-state index is 0.351. The molecule has 8 aromatic carbocycles. The van der Waals surface area contributed by atoms with Crippen LogP contribution in [-0.4, -0.2) is 0 Å². The zero-order valence-electron chi connectivity index (χ0n) is 25.9. The number of hydrogen-bond acceptors (Lipinski definition) is 0. The summed E-state index contributed by atoms with van der Waals surface area (Å²) in [5.74, 6) is 1.54. The molecule has 1 aliphatic carbocycles. The predicted octanol–water partition coefficient (Wildman–Crippen LogP) is 12.5. The summed E-state index contributed by atoms with van der Waals surface area (Å²) in [6.45, 7) is 0. The first-order valence-electron chi connectivity index (χ1n) is 16.7. The molecule has 0 bridgehead atoms. The van der Waals surface area contributed by atoms with Gasteiger partial charge in [-0.3, -0.25) is 0 Å². The van der Waals surface area contributed by atoms with Gasteiger partial charge < -0.3 is 0 Å². The molecule has 0 heterocycles. The van der Waals surface area contributed by atoms with Crippen LogP contribution in [0.2, 0.25) is 0 Å². The Morgan fingerprint density at radius 3 is 1.00 bits per heavy atom. The largest absolute Gasteiger partial charge is 0.0616 e. The van der Waals surface area contributed by atoms with Crippen LogP contribution in [-0.2, 0) is 0 Å². The van der Waals surface area contributed by atoms with E-state index in [0.717, 1.165) is 12.8 Å². The third kappa shape index (κ3) is 4.86. The first-order valence-corrected chi connectivity index (χ1v) is 16.7. The van der Waals surface area contributed by atoms with Gasteiger partial charge in [-0.05, 0) is 102 Å². The lowest BCUT2D eigenvalue weighted by Crippen LogP contribution is -2.28. The quantitative estimate of drug-likeness (QED) is 0.192. The van der Waals surface area contributed by atoms with Crippen molar-refractivity contribution in [1.29, 1.82) is 0 Å². The van der Waals surface area contributed by atoms with Crippen molar-refractivity contribution in [3.05, 3.63) is 192 Å². The van der Waals surface area contributed by atoms with Gasteiger partial charge in [0.1, 0.15) is 0 Å². The first-order chi connectivity index (χ1) is 22.8. The monoisotopic (exact) mass is 588 g/mol. The van der Waals surface area contributed by atoms with Crippen LogP contribution >= 0.6 is 0 Å². The molecule has 1 saturated carbocycles. The van der Waals surface area contributed by atoms with E-state index in [1.165, 1.54) is 65.3 Å². The fraction of sp³-hybridized carbons (Fsp3) is 0.130. The summed E-state index contributed by atoms with van der Waals surface area (Å²) in [5.41, 5.74) is 5.82. The van der Waals surface area contributed by atoms with E-state index in [0.29, 0.717) is 23.7 Å². The molecule has 0 nitrogen and oxygen atoms in total. The molecule has 46 heavy (non-hydrogen) atoms. The topological polar surface area (TPSA) is 0 Å². The van der Waals surface area contributed by atoms with Crippen molar-refractivity contribution >= 4 is 43.1 Å². The maximum absolute atomic E-state index is 2.48. The molecule has 0 amide bonds. The highest BCUT2D eigenvalue weighted by molar-refractivity contribution is 5.86. The van der Waals surface area contributed by atoms with E-state index < -0.39 is 0 Å². The van der Waals surface area contributed by atoms with E-state index >= 15 is 0 Å². The number of hydrogen-bond donors (Lipinski definition) is 0. The molecule has 0 aliphatic heterocycles. The Balaban J connectivity index is 1.26. The van der Waals surface area contributed by atoms with Crippen LogP contribution in [0.1, 0.15) is 58.8 Å². The summed E-state index contributed by atoms with van der Waals surface area (Å²) >= 11 is 0. The zero-order chi connectivity index (χ0) is 30.5. The Morgan fingerprint density at radius 1 is 0.283 bits per heavy atom. The predicted molar refractivity (Wildman–Crippen MR) is 196 cm³/mol. The molecule has 0 radical (unpaired) electrons. The van der Waals surface area contributed by atoms with Gasteiger partial charge in [-0.1, -0.05) is 170 Å². The molecule has 0 spiro atoms. The number of benzene rings is 8. The Hall–Kier alpha value is -5.20. The minimum absolute atomic E-state index is 0.351. The average molecular weight is 589 g/mol. The molecule has 9 rings (SSSR count). The maximum atomic E-state index is 2.48. The Kier molecular flexibility index (Phi) is 6.67. The Labute approximate surface area is 271 Å². The molecule has 220 valence electrons. The second kappa shape index (κ2) is 11.3. The average Bonchev–Trinajstić information content (AvgIpc) is 3.13. The van der Waals surface area contributed by atoms with Crippen LogP contribution in [0.3, 0.4) is 0 Å². The van der Waals surface area contributed by atoms with Crippen LogP contribution in [0, 0.1) is 0 Å². The fourth-order valence-corrected chi connectivity index (χ4v) is 8.46. The Bertz CT molecular complexity index is 2270. The molecule has 1 aliphatic rings. The maximum Gasteiger partial charge on any atom is -0.00236 e. The van der Waals surface area contributed by atoms with Crippen molar-refractivity contribution in [2.24, 2.45) is 0 Å². The van der Waals surface area contributed by atoms with Crippen LogP contribution in [0.4, 0.5) is 0 Å². The van der Waals surface area contributed by atoms with Gasteiger partial charge >= 0.3 is 0 Å². The van der Waals surface area contributed by atoms with Crippen molar-refractivity contribution < 1.29 is 0 Å². The van der Waals surface area contributed by atoms with E-state index in [2.05, 4.69) is 170 Å². The number of fused-ring (bicyclic) bond motifs is 4. The second-order valence-electron chi connectivity index (χ2n) is 13.3. The van der Waals surface area contributed by atoms with Crippen LogP contribution < -0.4 is 0 Å². The number of rotatable bonds is 4. The van der Waals surface area contributed by atoms with E-state index in [9.17, 15) is 0 Å². The van der Waals surface area contributed by atoms with Gasteiger partial charge in [0, 0.05) is 0 Å². The summed E-state index contributed by atoms with van der Waals surface area (Å²) in [7, 11) is 0. The summed E-state index contributed by atoms with van der Waals surface area (Å²) in [4.78, 5) is 0. The molecule has 2 atom stereocenters. The van der Waals surface area contributed by atoms with Crippen molar-refractivity contribution in [3.63, 3.8) is 0 Å². The molecule has 0 saturated heterocycles. The molecular weight excluding hydrogens is 553 g/mol. The van der Waals surface area contributed by atoms with Gasteiger partial charge in [0.25, 0.3) is 0 Å². The van der Waals surface area contributed by atoms with Gasteiger partial charge in [-0.2, -0.15) is 0 Å². The third-order valence-corrected chi connectivity index (χ3v) is 10.8. The van der Waals surface area contributed by atoms with Crippen LogP contribution in [0.15, 0.2) is 170 Å². The van der Waals surface area contributed by atoms with Gasteiger partial charge in [-0.25, -0.2) is 0 Å². The third-order valence-electron chi connectivity index (χ3n) is 10.8. The highest BCUT2D eigenvalue weighted by atomic mass is 14.4. The van der Waals surface area contributed by atoms with Gasteiger partial charge in [0.15, 0.2) is 0 Å². The molecule has 8 aromatic rings. The second-order valence-corrected chi connectivity index (χ2v) is 13.3. The molecule has 0 heteroatoms. The highest BCUT2D eigenvalue weighted by Gasteiger charge is 2.41. The smallest absolute Gasteiger partial charge is 0.00236 e. The normalized spacial score (nSPS) is 20.0. The fourth-order valence-electron chi connectivity index (χ4n) is 8.46. The standard InChI is InChI=1S/C46H36/c1-5-13-35-25-39(21-17-31(35)9-1)43-29-44(40-22-18-32-10-2-6-14-36(32)26-40)46(42-24-20-34-12-4-8-16-38(34)28-42)45(30-43)41-23-19-33-11-3-7-15-37(33)27-41/h1-28,43-46H,29-30H2. The molecule has 2 unspecified atom stereocenters. The van der Waals surface area contributed by atoms with Gasteiger partial charge in [0.05, 0.1) is 0 Å². The van der Waals surface area contributed by atoms with E-state index in [-0.39, 0.29) is 0 Å². The van der Waals surface area contributed by atoms with Crippen molar-refractivity contribution in [2.75, 3.05) is 0 Å². The molecule has 0 aromatic heterocycles. The van der Waals surface area contributed by atoms with Crippen molar-refractivity contribution in [1.82, 2.24) is 0 Å². The van der Waals surface area contributed by atoms with E-state index in [1.54, 1.807) is 0 Å². The highest BCUT2D eigenvalue weighted by Crippen LogP contribution is 2.56. The van der Waals surface area contributed by atoms with Crippen LogP contribution in [0.25, 0.3) is 43.1 Å². The van der Waals surface area contributed by atoms with Gasteiger partial charge in [0.2, 0.25) is 0 Å². The summed E-state index contributed by atoms with van der Waals surface area (Å²) in [6, 6.07) is 64.2. The molecule has 1 fully saturated rings. The van der Waals surface area contributed by atoms with Crippen LogP contribution in [0.5, 0.6) is 0 Å². The van der Waals surface area contributed by atoms with E-state index in [4.69, 9.17) is 0 Å². The summed E-state index contributed by atoms with van der Waals surface area (Å²) < 4.78 is 0. The lowest BCUT2D eigenvalue weighted by molar-refractivity contribution is 0.305.